The fourth-order valence-corrected chi connectivity index (χ4v) is 3.04. The highest BCUT2D eigenvalue weighted by Crippen LogP contribution is 2.37. The normalized spacial score (nSPS) is 10.7. The Kier molecular flexibility index (Phi) is 5.42. The van der Waals surface area contributed by atoms with Gasteiger partial charge < -0.3 is 19.6 Å². The second-order valence-corrected chi connectivity index (χ2v) is 6.60. The van der Waals surface area contributed by atoms with E-state index in [1.807, 2.05) is 19.1 Å². The summed E-state index contributed by atoms with van der Waals surface area (Å²) in [7, 11) is 0. The van der Waals surface area contributed by atoms with Gasteiger partial charge in [-0.15, -0.1) is 5.10 Å². The summed E-state index contributed by atoms with van der Waals surface area (Å²) in [6.45, 7) is 4.97. The first-order valence-electron chi connectivity index (χ1n) is 7.81. The van der Waals surface area contributed by atoms with Crippen LogP contribution in [0.15, 0.2) is 40.8 Å². The first-order chi connectivity index (χ1) is 12.1. The van der Waals surface area contributed by atoms with Crippen molar-refractivity contribution in [3.63, 3.8) is 0 Å². The molecule has 7 heteroatoms. The van der Waals surface area contributed by atoms with Crippen molar-refractivity contribution in [2.24, 2.45) is 0 Å². The van der Waals surface area contributed by atoms with Crippen molar-refractivity contribution in [1.29, 1.82) is 0 Å². The molecule has 0 spiro atoms. The predicted molar refractivity (Wildman–Crippen MR) is 104 cm³/mol. The number of benzene rings is 2. The van der Waals surface area contributed by atoms with Crippen LogP contribution in [0.3, 0.4) is 0 Å². The molecule has 0 fully saturated rings. The lowest BCUT2D eigenvalue weighted by atomic mass is 10.1. The summed E-state index contributed by atoms with van der Waals surface area (Å²) in [6, 6.07) is 12.0. The van der Waals surface area contributed by atoms with E-state index in [2.05, 4.69) is 64.0 Å². The van der Waals surface area contributed by atoms with Gasteiger partial charge in [-0.25, -0.2) is 0 Å². The number of anilines is 1. The summed E-state index contributed by atoms with van der Waals surface area (Å²) >= 11 is 2.21. The molecule has 25 heavy (non-hydrogen) atoms. The Morgan fingerprint density at radius 2 is 1.88 bits per heavy atom. The van der Waals surface area contributed by atoms with Crippen LogP contribution in [0.1, 0.15) is 18.1 Å². The Balaban J connectivity index is 1.88. The second kappa shape index (κ2) is 7.73. The number of hydrogen-bond donors (Lipinski definition) is 1. The van der Waals surface area contributed by atoms with Crippen LogP contribution in [0.25, 0.3) is 11.5 Å². The van der Waals surface area contributed by atoms with Crippen molar-refractivity contribution in [2.75, 3.05) is 12.3 Å². The summed E-state index contributed by atoms with van der Waals surface area (Å²) in [6.07, 6.45) is 0. The molecular formula is C18H18IN3O3. The van der Waals surface area contributed by atoms with E-state index in [1.165, 1.54) is 5.56 Å². The molecule has 0 radical (unpaired) electrons. The molecule has 1 aromatic heterocycles. The Hall–Kier alpha value is -2.29. The average molecular weight is 451 g/mol. The maximum absolute atomic E-state index is 6.02. The van der Waals surface area contributed by atoms with Crippen LogP contribution in [0.2, 0.25) is 0 Å². The highest BCUT2D eigenvalue weighted by molar-refractivity contribution is 14.1. The minimum Gasteiger partial charge on any atom is -0.490 e. The molecule has 0 aliphatic rings. The molecular weight excluding hydrogens is 433 g/mol. The van der Waals surface area contributed by atoms with Crippen LogP contribution >= 0.6 is 22.6 Å². The lowest BCUT2D eigenvalue weighted by Crippen LogP contribution is -2.02. The first kappa shape index (κ1) is 17.5. The molecule has 2 N–H and O–H groups in total. The van der Waals surface area contributed by atoms with Crippen LogP contribution in [0.5, 0.6) is 11.5 Å². The number of rotatable bonds is 6. The number of hydrogen-bond acceptors (Lipinski definition) is 6. The molecule has 0 aliphatic carbocycles. The molecule has 3 rings (SSSR count). The maximum atomic E-state index is 6.02. The van der Waals surface area contributed by atoms with E-state index < -0.39 is 0 Å². The minimum absolute atomic E-state index is 0.0302. The van der Waals surface area contributed by atoms with E-state index in [0.29, 0.717) is 30.6 Å². The fraction of sp³-hybridized carbons (Fsp3) is 0.222. The molecule has 0 bridgehead atoms. The van der Waals surface area contributed by atoms with Gasteiger partial charge in [0.2, 0.25) is 5.89 Å². The second-order valence-electron chi connectivity index (χ2n) is 5.44. The van der Waals surface area contributed by atoms with E-state index in [4.69, 9.17) is 19.6 Å². The van der Waals surface area contributed by atoms with Crippen molar-refractivity contribution < 1.29 is 13.9 Å². The van der Waals surface area contributed by atoms with Crippen molar-refractivity contribution in [3.05, 3.63) is 51.1 Å². The molecule has 130 valence electrons. The van der Waals surface area contributed by atoms with Gasteiger partial charge in [-0.1, -0.05) is 34.9 Å². The Bertz CT molecular complexity index is 863. The minimum atomic E-state index is 0.0302. The van der Waals surface area contributed by atoms with E-state index in [9.17, 15) is 0 Å². The standard InChI is InChI=1S/C18H18IN3O3/c1-3-23-15-9-13(17-21-22-18(20)25-17)8-14(19)16(15)24-10-12-6-4-11(2)5-7-12/h4-9H,3,10H2,1-2H3,(H2,20,22). The number of nitrogens with two attached hydrogens (primary N) is 1. The summed E-state index contributed by atoms with van der Waals surface area (Å²) in [5.41, 5.74) is 8.56. The highest BCUT2D eigenvalue weighted by atomic mass is 127. The molecule has 0 saturated carbocycles. The zero-order chi connectivity index (χ0) is 17.8. The van der Waals surface area contributed by atoms with Gasteiger partial charge in [0.25, 0.3) is 0 Å². The fourth-order valence-electron chi connectivity index (χ4n) is 2.29. The Labute approximate surface area is 159 Å². The Morgan fingerprint density at radius 3 is 2.52 bits per heavy atom. The molecule has 1 heterocycles. The van der Waals surface area contributed by atoms with Crippen molar-refractivity contribution in [3.8, 4) is 23.0 Å². The molecule has 0 atom stereocenters. The average Bonchev–Trinajstić information content (AvgIpc) is 3.02. The molecule has 0 amide bonds. The van der Waals surface area contributed by atoms with E-state index in [0.717, 1.165) is 14.7 Å². The van der Waals surface area contributed by atoms with E-state index >= 15 is 0 Å². The van der Waals surface area contributed by atoms with Gasteiger partial charge in [-0.3, -0.25) is 0 Å². The molecule has 6 nitrogen and oxygen atoms in total. The van der Waals surface area contributed by atoms with Crippen molar-refractivity contribution in [2.45, 2.75) is 20.5 Å². The quantitative estimate of drug-likeness (QED) is 0.566. The summed E-state index contributed by atoms with van der Waals surface area (Å²) in [5.74, 6) is 1.67. The molecule has 0 aliphatic heterocycles. The third-order valence-corrected chi connectivity index (χ3v) is 4.30. The van der Waals surface area contributed by atoms with Crippen LogP contribution in [0.4, 0.5) is 6.01 Å². The summed E-state index contributed by atoms with van der Waals surface area (Å²) in [5, 5.41) is 7.61. The number of aromatic nitrogens is 2. The molecule has 3 aromatic rings. The number of nitrogen functional groups attached to an aromatic ring is 1. The van der Waals surface area contributed by atoms with Crippen molar-refractivity contribution in [1.82, 2.24) is 10.2 Å². The smallest absolute Gasteiger partial charge is 0.313 e. The lowest BCUT2D eigenvalue weighted by Gasteiger charge is -2.15. The molecule has 0 saturated heterocycles. The number of nitrogens with zero attached hydrogens (tertiary/aromatic N) is 2. The predicted octanol–water partition coefficient (Wildman–Crippen LogP) is 4.21. The monoisotopic (exact) mass is 451 g/mol. The lowest BCUT2D eigenvalue weighted by molar-refractivity contribution is 0.267. The summed E-state index contributed by atoms with van der Waals surface area (Å²) < 4.78 is 17.9. The maximum Gasteiger partial charge on any atom is 0.313 e. The topological polar surface area (TPSA) is 83.4 Å². The van der Waals surface area contributed by atoms with Crippen LogP contribution in [-0.4, -0.2) is 16.8 Å². The van der Waals surface area contributed by atoms with Gasteiger partial charge in [-0.2, -0.15) is 0 Å². The van der Waals surface area contributed by atoms with Crippen LogP contribution in [-0.2, 0) is 6.61 Å². The van der Waals surface area contributed by atoms with E-state index in [-0.39, 0.29) is 6.01 Å². The van der Waals surface area contributed by atoms with Gasteiger partial charge >= 0.3 is 6.01 Å². The van der Waals surface area contributed by atoms with Crippen molar-refractivity contribution >= 4 is 28.6 Å². The van der Waals surface area contributed by atoms with Gasteiger partial charge in [0, 0.05) is 5.56 Å². The molecule has 0 unspecified atom stereocenters. The van der Waals surface area contributed by atoms with Crippen LogP contribution < -0.4 is 15.2 Å². The SMILES string of the molecule is CCOc1cc(-c2nnc(N)o2)cc(I)c1OCc1ccc(C)cc1. The summed E-state index contributed by atoms with van der Waals surface area (Å²) in [4.78, 5) is 0. The van der Waals surface area contributed by atoms with Gasteiger partial charge in [0.15, 0.2) is 11.5 Å². The molecule has 2 aromatic carbocycles. The third kappa shape index (κ3) is 4.22. The number of aryl methyl sites for hydroxylation is 1. The number of ether oxygens (including phenoxy) is 2. The van der Waals surface area contributed by atoms with Gasteiger partial charge in [-0.05, 0) is 54.1 Å². The first-order valence-corrected chi connectivity index (χ1v) is 8.88. The van der Waals surface area contributed by atoms with Gasteiger partial charge in [0.1, 0.15) is 6.61 Å². The highest BCUT2D eigenvalue weighted by Gasteiger charge is 2.16. The third-order valence-electron chi connectivity index (χ3n) is 3.50. The van der Waals surface area contributed by atoms with Gasteiger partial charge in [0.05, 0.1) is 10.2 Å². The number of halogens is 1. The van der Waals surface area contributed by atoms with E-state index in [1.54, 1.807) is 0 Å². The largest absolute Gasteiger partial charge is 0.490 e. The zero-order valence-electron chi connectivity index (χ0n) is 14.0. The van der Waals surface area contributed by atoms with Crippen LogP contribution in [0, 0.1) is 10.5 Å². The zero-order valence-corrected chi connectivity index (χ0v) is 16.1. The Morgan fingerprint density at radius 1 is 1.12 bits per heavy atom.